The van der Waals surface area contributed by atoms with Crippen molar-refractivity contribution in [1.29, 1.82) is 0 Å². The van der Waals surface area contributed by atoms with Gasteiger partial charge in [0.05, 0.1) is 35.6 Å². The number of esters is 1. The number of halogens is 2. The molecular weight excluding hydrogens is 543 g/mol. The minimum Gasteiger partial charge on any atom is -0.496 e. The lowest BCUT2D eigenvalue weighted by atomic mass is 9.93. The third-order valence-electron chi connectivity index (χ3n) is 6.04. The van der Waals surface area contributed by atoms with E-state index in [1.807, 2.05) is 30.3 Å². The Morgan fingerprint density at radius 1 is 1.05 bits per heavy atom. The number of fused-ring (bicyclic) bond motifs is 1. The van der Waals surface area contributed by atoms with E-state index in [1.165, 1.54) is 15.9 Å². The zero-order valence-electron chi connectivity index (χ0n) is 20.5. The molecular formula is C29H22Cl2N2O4S. The first-order chi connectivity index (χ1) is 18.4. The molecule has 1 aromatic heterocycles. The Kier molecular flexibility index (Phi) is 7.51. The van der Waals surface area contributed by atoms with Crippen molar-refractivity contribution in [3.05, 3.63) is 125 Å². The highest BCUT2D eigenvalue weighted by molar-refractivity contribution is 7.07. The van der Waals surface area contributed by atoms with Gasteiger partial charge in [0, 0.05) is 21.2 Å². The molecule has 0 unspecified atom stereocenters. The highest BCUT2D eigenvalue weighted by Crippen LogP contribution is 2.35. The molecule has 0 saturated carbocycles. The maximum atomic E-state index is 13.9. The summed E-state index contributed by atoms with van der Waals surface area (Å²) in [5.41, 5.74) is 2.53. The number of hydrogen-bond donors (Lipinski definition) is 0. The molecule has 5 rings (SSSR count). The minimum absolute atomic E-state index is 0.177. The molecule has 1 aliphatic rings. The molecule has 0 amide bonds. The van der Waals surface area contributed by atoms with Crippen molar-refractivity contribution in [2.45, 2.75) is 13.0 Å². The van der Waals surface area contributed by atoms with Crippen LogP contribution in [0.2, 0.25) is 10.0 Å². The van der Waals surface area contributed by atoms with Gasteiger partial charge in [-0.25, -0.2) is 9.79 Å². The molecule has 6 nitrogen and oxygen atoms in total. The molecule has 9 heteroatoms. The number of nitrogens with zero attached hydrogens (tertiary/aromatic N) is 2. The van der Waals surface area contributed by atoms with E-state index in [-0.39, 0.29) is 17.7 Å². The number of aromatic nitrogens is 1. The average Bonchev–Trinajstić information content (AvgIpc) is 3.23. The Hall–Kier alpha value is -3.65. The number of benzene rings is 3. The van der Waals surface area contributed by atoms with Crippen LogP contribution in [-0.4, -0.2) is 24.3 Å². The molecule has 0 spiro atoms. The van der Waals surface area contributed by atoms with Crippen molar-refractivity contribution < 1.29 is 14.3 Å². The van der Waals surface area contributed by atoms with Gasteiger partial charge < -0.3 is 9.47 Å². The fourth-order valence-corrected chi connectivity index (χ4v) is 5.66. The quantitative estimate of drug-likeness (QED) is 0.300. The van der Waals surface area contributed by atoms with Gasteiger partial charge in [-0.1, -0.05) is 77.0 Å². The lowest BCUT2D eigenvalue weighted by Crippen LogP contribution is -2.40. The zero-order chi connectivity index (χ0) is 26.8. The minimum atomic E-state index is -0.777. The molecule has 0 aliphatic carbocycles. The number of hydrogen-bond acceptors (Lipinski definition) is 6. The Bertz CT molecular complexity index is 1730. The van der Waals surface area contributed by atoms with Crippen molar-refractivity contribution in [3.63, 3.8) is 0 Å². The molecule has 4 aromatic rings. The molecule has 38 heavy (non-hydrogen) atoms. The van der Waals surface area contributed by atoms with Crippen molar-refractivity contribution in [1.82, 2.24) is 4.57 Å². The molecule has 3 aromatic carbocycles. The number of thiazole rings is 1. The second-order valence-corrected chi connectivity index (χ2v) is 10.3. The van der Waals surface area contributed by atoms with Crippen molar-refractivity contribution >= 4 is 52.3 Å². The first-order valence-corrected chi connectivity index (χ1v) is 13.4. The Labute approximate surface area is 232 Å². The lowest BCUT2D eigenvalue weighted by molar-refractivity contribution is -0.138. The molecule has 2 heterocycles. The summed E-state index contributed by atoms with van der Waals surface area (Å²) in [6, 6.07) is 20.9. The van der Waals surface area contributed by atoms with Gasteiger partial charge in [0.25, 0.3) is 5.56 Å². The van der Waals surface area contributed by atoms with E-state index in [1.54, 1.807) is 62.6 Å². The first kappa shape index (κ1) is 26.0. The van der Waals surface area contributed by atoms with Crippen molar-refractivity contribution in [2.24, 2.45) is 4.99 Å². The van der Waals surface area contributed by atoms with Gasteiger partial charge in [0.2, 0.25) is 0 Å². The molecule has 192 valence electrons. The van der Waals surface area contributed by atoms with E-state index in [9.17, 15) is 9.59 Å². The fraction of sp³-hybridized carbons (Fsp3) is 0.138. The maximum absolute atomic E-state index is 13.9. The van der Waals surface area contributed by atoms with Crippen LogP contribution in [0.3, 0.4) is 0 Å². The Morgan fingerprint density at radius 3 is 2.45 bits per heavy atom. The maximum Gasteiger partial charge on any atom is 0.338 e. The van der Waals surface area contributed by atoms with Crippen molar-refractivity contribution in [3.8, 4) is 5.75 Å². The third-order valence-corrected chi connectivity index (χ3v) is 7.51. The Morgan fingerprint density at radius 2 is 1.76 bits per heavy atom. The van der Waals surface area contributed by atoms with Crippen LogP contribution in [0.15, 0.2) is 88.2 Å². The van der Waals surface area contributed by atoms with Gasteiger partial charge in [0.15, 0.2) is 4.80 Å². The van der Waals surface area contributed by atoms with Crippen LogP contribution in [-0.2, 0) is 9.53 Å². The van der Waals surface area contributed by atoms with Crippen LogP contribution in [0.1, 0.15) is 29.7 Å². The van der Waals surface area contributed by atoms with Crippen LogP contribution < -0.4 is 19.6 Å². The summed E-state index contributed by atoms with van der Waals surface area (Å²) in [6.45, 7) is 1.92. The first-order valence-electron chi connectivity index (χ1n) is 11.8. The summed E-state index contributed by atoms with van der Waals surface area (Å²) < 4.78 is 12.9. The molecule has 0 bridgehead atoms. The normalized spacial score (nSPS) is 15.2. The van der Waals surface area contributed by atoms with Gasteiger partial charge in [-0.15, -0.1) is 0 Å². The predicted octanol–water partition coefficient (Wildman–Crippen LogP) is 5.25. The Balaban J connectivity index is 1.84. The number of rotatable bonds is 6. The monoisotopic (exact) mass is 564 g/mol. The summed E-state index contributed by atoms with van der Waals surface area (Å²) in [7, 11) is 1.56. The molecule has 1 atom stereocenters. The molecule has 1 aliphatic heterocycles. The van der Waals surface area contributed by atoms with Crippen molar-refractivity contribution in [2.75, 3.05) is 13.7 Å². The SMILES string of the molecule is CCOC(=O)C1=C(c2ccccc2)N=c2s/c(=C\c3cc(Cl)ccc3OC)c(=O)n2[C@@H]1c1ccc(Cl)cc1. The topological polar surface area (TPSA) is 69.9 Å². The second-order valence-electron chi connectivity index (χ2n) is 8.37. The summed E-state index contributed by atoms with van der Waals surface area (Å²) in [5.74, 6) is 0.0347. The van der Waals surface area contributed by atoms with Gasteiger partial charge in [0.1, 0.15) is 5.75 Å². The molecule has 0 radical (unpaired) electrons. The number of carbonyl (C=O) groups is 1. The van der Waals surface area contributed by atoms with E-state index in [0.717, 1.165) is 5.56 Å². The zero-order valence-corrected chi connectivity index (χ0v) is 22.8. The van der Waals surface area contributed by atoms with Gasteiger partial charge in [-0.05, 0) is 48.9 Å². The third kappa shape index (κ3) is 4.92. The van der Waals surface area contributed by atoms with Crippen LogP contribution in [0.5, 0.6) is 5.75 Å². The second kappa shape index (κ2) is 11.0. The molecule has 0 saturated heterocycles. The number of ether oxygens (including phenoxy) is 2. The highest BCUT2D eigenvalue weighted by Gasteiger charge is 2.35. The highest BCUT2D eigenvalue weighted by atomic mass is 35.5. The fourth-order valence-electron chi connectivity index (χ4n) is 4.36. The summed E-state index contributed by atoms with van der Waals surface area (Å²) >= 11 is 13.6. The van der Waals surface area contributed by atoms with Gasteiger partial charge in [-0.2, -0.15) is 0 Å². The summed E-state index contributed by atoms with van der Waals surface area (Å²) in [5, 5.41) is 1.05. The van der Waals surface area contributed by atoms with Crippen LogP contribution >= 0.6 is 34.5 Å². The summed E-state index contributed by atoms with van der Waals surface area (Å²) in [6.07, 6.45) is 1.73. The number of carbonyl (C=O) groups excluding carboxylic acids is 1. The van der Waals surface area contributed by atoms with E-state index in [0.29, 0.717) is 42.0 Å². The predicted molar refractivity (Wildman–Crippen MR) is 151 cm³/mol. The van der Waals surface area contributed by atoms with E-state index < -0.39 is 12.0 Å². The van der Waals surface area contributed by atoms with E-state index >= 15 is 0 Å². The van der Waals surface area contributed by atoms with E-state index in [2.05, 4.69) is 0 Å². The van der Waals surface area contributed by atoms with E-state index in [4.69, 9.17) is 37.7 Å². The smallest absolute Gasteiger partial charge is 0.338 e. The van der Waals surface area contributed by atoms with Crippen LogP contribution in [0, 0.1) is 0 Å². The number of methoxy groups -OCH3 is 1. The van der Waals surface area contributed by atoms with Crippen LogP contribution in [0.4, 0.5) is 0 Å². The van der Waals surface area contributed by atoms with Gasteiger partial charge in [-0.3, -0.25) is 9.36 Å². The molecule has 0 fully saturated rings. The van der Waals surface area contributed by atoms with Crippen LogP contribution in [0.25, 0.3) is 11.8 Å². The van der Waals surface area contributed by atoms with Gasteiger partial charge >= 0.3 is 5.97 Å². The lowest BCUT2D eigenvalue weighted by Gasteiger charge is -2.25. The standard InChI is InChI=1S/C29H22Cl2N2O4S/c1-3-37-28(35)24-25(17-7-5-4-6-8-17)32-29-33(26(24)18-9-11-20(30)12-10-18)27(34)23(38-29)16-19-15-21(31)13-14-22(19)36-2/h4-16,26H,3H2,1-2H3/b23-16-/t26-/m1/s1. The average molecular weight is 565 g/mol. The largest absolute Gasteiger partial charge is 0.496 e. The summed E-state index contributed by atoms with van der Waals surface area (Å²) in [4.78, 5) is 32.7. The molecule has 0 N–H and O–H groups in total.